The largest absolute Gasteiger partial charge is 0.449 e. The highest BCUT2D eigenvalue weighted by atomic mass is 19.1. The van der Waals surface area contributed by atoms with E-state index in [0.29, 0.717) is 53.5 Å². The molecule has 4 heterocycles. The van der Waals surface area contributed by atoms with Crippen molar-refractivity contribution < 1.29 is 18.4 Å². The summed E-state index contributed by atoms with van der Waals surface area (Å²) in [5.41, 5.74) is 1.63. The van der Waals surface area contributed by atoms with Crippen molar-refractivity contribution >= 4 is 33.7 Å². The first-order valence-corrected chi connectivity index (χ1v) is 11.1. The van der Waals surface area contributed by atoms with Gasteiger partial charge >= 0.3 is 0 Å². The highest BCUT2D eigenvalue weighted by Gasteiger charge is 2.55. The van der Waals surface area contributed by atoms with E-state index in [1.807, 2.05) is 11.0 Å². The molecule has 1 aliphatic carbocycles. The summed E-state index contributed by atoms with van der Waals surface area (Å²) in [7, 11) is 0. The lowest BCUT2D eigenvalue weighted by atomic mass is 9.90. The number of hydrogen-bond acceptors (Lipinski definition) is 5. The van der Waals surface area contributed by atoms with E-state index in [1.54, 1.807) is 24.5 Å². The Bertz CT molecular complexity index is 1350. The van der Waals surface area contributed by atoms with Gasteiger partial charge in [0.05, 0.1) is 11.7 Å². The normalized spacial score (nSPS) is 19.3. The second-order valence-electron chi connectivity index (χ2n) is 9.05. The number of aromatic amines is 1. The zero-order valence-corrected chi connectivity index (χ0v) is 17.8. The molecule has 2 aliphatic rings. The number of carbonyl (C=O) groups excluding carboxylic acids is 2. The van der Waals surface area contributed by atoms with Crippen LogP contribution in [0.2, 0.25) is 0 Å². The number of fused-ring (bicyclic) bond motifs is 2. The molecule has 1 spiro atoms. The van der Waals surface area contributed by atoms with Gasteiger partial charge in [-0.15, -0.1) is 0 Å². The maximum atomic E-state index is 13.4. The number of nitrogens with one attached hydrogen (secondary N) is 2. The number of pyridine rings is 1. The maximum absolute atomic E-state index is 13.4. The number of H-pyrrole nitrogens is 1. The van der Waals surface area contributed by atoms with Gasteiger partial charge in [-0.2, -0.15) is 5.10 Å². The number of benzene rings is 1. The predicted octanol–water partition coefficient (Wildman–Crippen LogP) is 3.52. The molecule has 4 aromatic rings. The lowest BCUT2D eigenvalue weighted by Gasteiger charge is -2.32. The number of aromatic nitrogens is 3. The third kappa shape index (κ3) is 3.44. The van der Waals surface area contributed by atoms with Gasteiger partial charge in [0.25, 0.3) is 11.8 Å². The number of amides is 2. The molecule has 1 aliphatic heterocycles. The molecule has 2 fully saturated rings. The minimum atomic E-state index is -0.366. The van der Waals surface area contributed by atoms with Gasteiger partial charge < -0.3 is 14.6 Å². The molecule has 2 amide bonds. The number of likely N-dealkylation sites (tertiary alicyclic amines) is 1. The van der Waals surface area contributed by atoms with Crippen LogP contribution in [-0.2, 0) is 0 Å². The van der Waals surface area contributed by atoms with Crippen LogP contribution < -0.4 is 5.32 Å². The van der Waals surface area contributed by atoms with E-state index in [9.17, 15) is 14.0 Å². The number of rotatable bonds is 4. The van der Waals surface area contributed by atoms with Crippen molar-refractivity contribution in [2.24, 2.45) is 11.3 Å². The van der Waals surface area contributed by atoms with Gasteiger partial charge in [-0.1, -0.05) is 0 Å². The number of nitrogens with zero attached hydrogens (tertiary/aromatic N) is 3. The van der Waals surface area contributed by atoms with E-state index in [0.717, 1.165) is 24.6 Å². The predicted molar refractivity (Wildman–Crippen MR) is 118 cm³/mol. The SMILES string of the molecule is O=C(NCC1CC12CCN(C(=O)c1n[nH]c3cc(F)ccc13)CC2)c1cc2ccncc2o1. The molecule has 33 heavy (non-hydrogen) atoms. The average Bonchev–Trinajstić information content (AvgIpc) is 3.15. The van der Waals surface area contributed by atoms with Crippen molar-refractivity contribution in [1.82, 2.24) is 25.4 Å². The quantitative estimate of drug-likeness (QED) is 0.498. The Hall–Kier alpha value is -3.75. The van der Waals surface area contributed by atoms with Gasteiger partial charge in [-0.25, -0.2) is 4.39 Å². The number of furan rings is 1. The molecule has 0 radical (unpaired) electrons. The van der Waals surface area contributed by atoms with E-state index >= 15 is 0 Å². The van der Waals surface area contributed by atoms with E-state index in [-0.39, 0.29) is 23.0 Å². The summed E-state index contributed by atoms with van der Waals surface area (Å²) in [5, 5.41) is 11.4. The molecule has 6 rings (SSSR count). The van der Waals surface area contributed by atoms with Crippen molar-refractivity contribution in [2.75, 3.05) is 19.6 Å². The minimum absolute atomic E-state index is 0.132. The second-order valence-corrected chi connectivity index (χ2v) is 9.05. The Morgan fingerprint density at radius 2 is 2.09 bits per heavy atom. The number of halogens is 1. The first kappa shape index (κ1) is 19.9. The van der Waals surface area contributed by atoms with Crippen molar-refractivity contribution in [3.8, 4) is 0 Å². The Balaban J connectivity index is 1.05. The maximum Gasteiger partial charge on any atom is 0.287 e. The number of carbonyl (C=O) groups is 2. The molecule has 168 valence electrons. The summed E-state index contributed by atoms with van der Waals surface area (Å²) in [4.78, 5) is 31.3. The Kier molecular flexibility index (Phi) is 4.46. The molecule has 9 heteroatoms. The van der Waals surface area contributed by atoms with Crippen LogP contribution in [0.4, 0.5) is 4.39 Å². The Labute approximate surface area is 188 Å². The standard InChI is InChI=1S/C24H22FN5O3/c25-16-1-2-17-18(10-16)28-29-21(17)23(32)30-7-4-24(5-8-30)11-15(24)12-27-22(31)19-9-14-3-6-26-13-20(14)33-19/h1-3,6,9-10,13,15H,4-5,7-8,11-12H2,(H,27,31)(H,28,29). The van der Waals surface area contributed by atoms with Crippen molar-refractivity contribution in [3.05, 3.63) is 60.0 Å². The van der Waals surface area contributed by atoms with Crippen LogP contribution >= 0.6 is 0 Å². The molecule has 1 saturated heterocycles. The second kappa shape index (κ2) is 7.40. The monoisotopic (exact) mass is 447 g/mol. The first-order valence-electron chi connectivity index (χ1n) is 11.1. The molecular formula is C24H22FN5O3. The van der Waals surface area contributed by atoms with Crippen LogP contribution in [0.5, 0.6) is 0 Å². The Morgan fingerprint density at radius 1 is 1.24 bits per heavy atom. The fraction of sp³-hybridized carbons (Fsp3) is 0.333. The topological polar surface area (TPSA) is 104 Å². The van der Waals surface area contributed by atoms with E-state index in [2.05, 4.69) is 20.5 Å². The lowest BCUT2D eigenvalue weighted by molar-refractivity contribution is 0.0664. The fourth-order valence-corrected chi connectivity index (χ4v) is 5.09. The summed E-state index contributed by atoms with van der Waals surface area (Å²) >= 11 is 0. The van der Waals surface area contributed by atoms with Gasteiger partial charge in [-0.3, -0.25) is 19.7 Å². The summed E-state index contributed by atoms with van der Waals surface area (Å²) in [6.07, 6.45) is 6.10. The van der Waals surface area contributed by atoms with Crippen LogP contribution in [0.1, 0.15) is 40.3 Å². The van der Waals surface area contributed by atoms with E-state index < -0.39 is 0 Å². The highest BCUT2D eigenvalue weighted by molar-refractivity contribution is 6.04. The van der Waals surface area contributed by atoms with Gasteiger partial charge in [0.1, 0.15) is 5.82 Å². The summed E-state index contributed by atoms with van der Waals surface area (Å²) in [6, 6.07) is 7.81. The molecule has 0 bridgehead atoms. The first-order chi connectivity index (χ1) is 16.0. The summed E-state index contributed by atoms with van der Waals surface area (Å²) < 4.78 is 19.0. The zero-order chi connectivity index (χ0) is 22.6. The van der Waals surface area contributed by atoms with Crippen LogP contribution in [0.25, 0.3) is 21.9 Å². The molecule has 1 aromatic carbocycles. The summed E-state index contributed by atoms with van der Waals surface area (Å²) in [5.74, 6) is -0.0253. The molecule has 3 aromatic heterocycles. The number of piperidine rings is 1. The highest BCUT2D eigenvalue weighted by Crippen LogP contribution is 2.59. The minimum Gasteiger partial charge on any atom is -0.449 e. The van der Waals surface area contributed by atoms with Gasteiger partial charge in [0.15, 0.2) is 17.0 Å². The van der Waals surface area contributed by atoms with Gasteiger partial charge in [-0.05, 0) is 60.9 Å². The van der Waals surface area contributed by atoms with Crippen molar-refractivity contribution in [1.29, 1.82) is 0 Å². The fourth-order valence-electron chi connectivity index (χ4n) is 5.09. The van der Waals surface area contributed by atoms with Gasteiger partial charge in [0.2, 0.25) is 0 Å². The zero-order valence-electron chi connectivity index (χ0n) is 17.8. The Morgan fingerprint density at radius 3 is 2.91 bits per heavy atom. The smallest absolute Gasteiger partial charge is 0.287 e. The molecular weight excluding hydrogens is 425 g/mol. The van der Waals surface area contributed by atoms with E-state index in [4.69, 9.17) is 4.42 Å². The van der Waals surface area contributed by atoms with Crippen LogP contribution in [0.3, 0.4) is 0 Å². The van der Waals surface area contributed by atoms with Crippen molar-refractivity contribution in [2.45, 2.75) is 19.3 Å². The van der Waals surface area contributed by atoms with Crippen molar-refractivity contribution in [3.63, 3.8) is 0 Å². The molecule has 8 nitrogen and oxygen atoms in total. The third-order valence-corrected chi connectivity index (χ3v) is 7.19. The molecule has 2 N–H and O–H groups in total. The van der Waals surface area contributed by atoms with Crippen LogP contribution in [0, 0.1) is 17.2 Å². The summed E-state index contributed by atoms with van der Waals surface area (Å²) in [6.45, 7) is 1.89. The third-order valence-electron chi connectivity index (χ3n) is 7.19. The van der Waals surface area contributed by atoms with Crippen LogP contribution in [-0.4, -0.2) is 51.5 Å². The molecule has 1 atom stereocenters. The van der Waals surface area contributed by atoms with Crippen LogP contribution in [0.15, 0.2) is 47.1 Å². The van der Waals surface area contributed by atoms with Gasteiger partial charge in [0, 0.05) is 36.6 Å². The lowest BCUT2D eigenvalue weighted by Crippen LogP contribution is -2.40. The van der Waals surface area contributed by atoms with E-state index in [1.165, 1.54) is 12.1 Å². The average molecular weight is 447 g/mol. The molecule has 1 saturated carbocycles. The number of hydrogen-bond donors (Lipinski definition) is 2. The molecule has 1 unspecified atom stereocenters.